The summed E-state index contributed by atoms with van der Waals surface area (Å²) in [6, 6.07) is 8.39. The van der Waals surface area contributed by atoms with E-state index in [-0.39, 0.29) is 0 Å². The van der Waals surface area contributed by atoms with Gasteiger partial charge in [-0.15, -0.1) is 0 Å². The highest BCUT2D eigenvalue weighted by Gasteiger charge is 2.23. The maximum atomic E-state index is 6.15. The van der Waals surface area contributed by atoms with Gasteiger partial charge in [0.1, 0.15) is 12.0 Å². The summed E-state index contributed by atoms with van der Waals surface area (Å²) in [4.78, 5) is 10.6. The number of benzene rings is 1. The molecule has 0 bridgehead atoms. The summed E-state index contributed by atoms with van der Waals surface area (Å²) < 4.78 is 5.56. The van der Waals surface area contributed by atoms with E-state index >= 15 is 0 Å². The highest BCUT2D eigenvalue weighted by atomic mass is 16.5. The molecule has 2 aromatic rings. The molecule has 2 N–H and O–H groups in total. The zero-order valence-electron chi connectivity index (χ0n) is 11.5. The first-order valence-electron chi connectivity index (χ1n) is 6.84. The van der Waals surface area contributed by atoms with Gasteiger partial charge in [-0.1, -0.05) is 31.2 Å². The van der Waals surface area contributed by atoms with Crippen molar-refractivity contribution in [2.75, 3.05) is 17.2 Å². The number of hydrogen-bond donors (Lipinski definition) is 1. The fourth-order valence-corrected chi connectivity index (χ4v) is 2.42. The average molecular weight is 270 g/mol. The first kappa shape index (κ1) is 12.7. The summed E-state index contributed by atoms with van der Waals surface area (Å²) in [6.07, 6.45) is 2.44. The van der Waals surface area contributed by atoms with Crippen LogP contribution in [0.5, 0.6) is 5.88 Å². The highest BCUT2D eigenvalue weighted by molar-refractivity contribution is 5.68. The van der Waals surface area contributed by atoms with Crippen LogP contribution in [0.4, 0.5) is 11.5 Å². The van der Waals surface area contributed by atoms with Gasteiger partial charge in [0.25, 0.3) is 0 Å². The molecule has 1 aliphatic heterocycles. The van der Waals surface area contributed by atoms with E-state index in [2.05, 4.69) is 46.1 Å². The van der Waals surface area contributed by atoms with Gasteiger partial charge in [-0.05, 0) is 17.5 Å². The van der Waals surface area contributed by atoms with Gasteiger partial charge < -0.3 is 15.4 Å². The Morgan fingerprint density at radius 1 is 1.20 bits per heavy atom. The second kappa shape index (κ2) is 5.36. The first-order chi connectivity index (χ1) is 9.79. The van der Waals surface area contributed by atoms with Gasteiger partial charge in [0.05, 0.1) is 6.61 Å². The Balaban J connectivity index is 1.85. The van der Waals surface area contributed by atoms with Gasteiger partial charge in [-0.3, -0.25) is 0 Å². The van der Waals surface area contributed by atoms with Crippen LogP contribution >= 0.6 is 0 Å². The van der Waals surface area contributed by atoms with Gasteiger partial charge in [-0.2, -0.15) is 4.98 Å². The van der Waals surface area contributed by atoms with Crippen molar-refractivity contribution in [3.05, 3.63) is 41.7 Å². The summed E-state index contributed by atoms with van der Waals surface area (Å²) in [5.74, 6) is 1.23. The minimum absolute atomic E-state index is 0.479. The molecule has 1 aliphatic rings. The van der Waals surface area contributed by atoms with Crippen molar-refractivity contribution in [1.29, 1.82) is 0 Å². The number of ether oxygens (including phenoxy) is 1. The molecule has 0 aliphatic carbocycles. The van der Waals surface area contributed by atoms with Crippen molar-refractivity contribution >= 4 is 11.5 Å². The van der Waals surface area contributed by atoms with E-state index in [0.29, 0.717) is 18.2 Å². The quantitative estimate of drug-likeness (QED) is 0.924. The Kier molecular flexibility index (Phi) is 3.41. The number of nitrogen functional groups attached to an aromatic ring is 1. The van der Waals surface area contributed by atoms with Crippen molar-refractivity contribution < 1.29 is 4.74 Å². The normalized spacial score (nSPS) is 13.3. The SMILES string of the molecule is CCCOc1ncnc(N2Cc3ccccc3C2)c1N. The molecule has 5 heteroatoms. The Hall–Kier alpha value is -2.30. The van der Waals surface area contributed by atoms with E-state index in [1.807, 2.05) is 0 Å². The zero-order chi connectivity index (χ0) is 13.9. The van der Waals surface area contributed by atoms with Crippen molar-refractivity contribution in [2.24, 2.45) is 0 Å². The van der Waals surface area contributed by atoms with Crippen molar-refractivity contribution in [1.82, 2.24) is 9.97 Å². The molecule has 0 unspecified atom stereocenters. The molecular weight excluding hydrogens is 252 g/mol. The van der Waals surface area contributed by atoms with Crippen molar-refractivity contribution in [3.8, 4) is 5.88 Å². The maximum Gasteiger partial charge on any atom is 0.242 e. The molecule has 3 rings (SSSR count). The molecular formula is C15H18N4O. The van der Waals surface area contributed by atoms with E-state index in [0.717, 1.165) is 25.3 Å². The lowest BCUT2D eigenvalue weighted by molar-refractivity contribution is 0.306. The van der Waals surface area contributed by atoms with E-state index < -0.39 is 0 Å². The predicted octanol–water partition coefficient (Wildman–Crippen LogP) is 2.37. The van der Waals surface area contributed by atoms with Gasteiger partial charge in [0, 0.05) is 13.1 Å². The Morgan fingerprint density at radius 3 is 2.55 bits per heavy atom. The molecule has 0 amide bonds. The van der Waals surface area contributed by atoms with Crippen LogP contribution in [-0.4, -0.2) is 16.6 Å². The number of nitrogens with two attached hydrogens (primary N) is 1. The van der Waals surface area contributed by atoms with Crippen LogP contribution in [0.2, 0.25) is 0 Å². The third-order valence-corrected chi connectivity index (χ3v) is 3.41. The smallest absolute Gasteiger partial charge is 0.242 e. The molecule has 104 valence electrons. The molecule has 20 heavy (non-hydrogen) atoms. The topological polar surface area (TPSA) is 64.3 Å². The molecule has 5 nitrogen and oxygen atoms in total. The number of aromatic nitrogens is 2. The van der Waals surface area contributed by atoms with Crippen LogP contribution in [0.25, 0.3) is 0 Å². The first-order valence-corrected chi connectivity index (χ1v) is 6.84. The second-order valence-electron chi connectivity index (χ2n) is 4.89. The van der Waals surface area contributed by atoms with Gasteiger partial charge in [-0.25, -0.2) is 4.98 Å². The van der Waals surface area contributed by atoms with Crippen LogP contribution < -0.4 is 15.4 Å². The summed E-state index contributed by atoms with van der Waals surface area (Å²) in [7, 11) is 0. The maximum absolute atomic E-state index is 6.15. The predicted molar refractivity (Wildman–Crippen MR) is 78.6 cm³/mol. The molecule has 0 radical (unpaired) electrons. The van der Waals surface area contributed by atoms with Crippen molar-refractivity contribution in [3.63, 3.8) is 0 Å². The van der Waals surface area contributed by atoms with E-state index in [1.165, 1.54) is 17.5 Å². The molecule has 1 aromatic carbocycles. The van der Waals surface area contributed by atoms with Crippen molar-refractivity contribution in [2.45, 2.75) is 26.4 Å². The monoisotopic (exact) mass is 270 g/mol. The molecule has 2 heterocycles. The van der Waals surface area contributed by atoms with Gasteiger partial charge in [0.2, 0.25) is 5.88 Å². The third-order valence-electron chi connectivity index (χ3n) is 3.41. The molecule has 1 aromatic heterocycles. The fraction of sp³-hybridized carbons (Fsp3) is 0.333. The summed E-state index contributed by atoms with van der Waals surface area (Å²) >= 11 is 0. The summed E-state index contributed by atoms with van der Waals surface area (Å²) in [6.45, 7) is 4.31. The number of rotatable bonds is 4. The van der Waals surface area contributed by atoms with E-state index in [4.69, 9.17) is 10.5 Å². The molecule has 0 saturated heterocycles. The summed E-state index contributed by atoms with van der Waals surface area (Å²) in [5.41, 5.74) is 9.31. The fourth-order valence-electron chi connectivity index (χ4n) is 2.42. The average Bonchev–Trinajstić information content (AvgIpc) is 2.90. The number of hydrogen-bond acceptors (Lipinski definition) is 5. The van der Waals surface area contributed by atoms with E-state index in [1.54, 1.807) is 0 Å². The largest absolute Gasteiger partial charge is 0.476 e. The minimum atomic E-state index is 0.479. The Bertz CT molecular complexity index is 590. The summed E-state index contributed by atoms with van der Waals surface area (Å²) in [5, 5.41) is 0. The number of fused-ring (bicyclic) bond motifs is 1. The third kappa shape index (κ3) is 2.27. The van der Waals surface area contributed by atoms with Crippen LogP contribution in [0.1, 0.15) is 24.5 Å². The van der Waals surface area contributed by atoms with Crippen LogP contribution in [0.15, 0.2) is 30.6 Å². The highest BCUT2D eigenvalue weighted by Crippen LogP contribution is 2.33. The van der Waals surface area contributed by atoms with Crippen LogP contribution in [0, 0.1) is 0 Å². The number of anilines is 2. The molecule has 0 saturated carbocycles. The number of nitrogens with zero attached hydrogens (tertiary/aromatic N) is 3. The lowest BCUT2D eigenvalue weighted by Gasteiger charge is -2.19. The Morgan fingerprint density at radius 2 is 1.90 bits per heavy atom. The molecule has 0 spiro atoms. The van der Waals surface area contributed by atoms with Gasteiger partial charge in [0.15, 0.2) is 5.82 Å². The lowest BCUT2D eigenvalue weighted by atomic mass is 10.1. The van der Waals surface area contributed by atoms with E-state index in [9.17, 15) is 0 Å². The minimum Gasteiger partial charge on any atom is -0.476 e. The van der Waals surface area contributed by atoms with Gasteiger partial charge >= 0.3 is 0 Å². The van der Waals surface area contributed by atoms with Crippen LogP contribution in [-0.2, 0) is 13.1 Å². The molecule has 0 atom stereocenters. The zero-order valence-corrected chi connectivity index (χ0v) is 11.5. The molecule has 0 fully saturated rings. The van der Waals surface area contributed by atoms with Crippen LogP contribution in [0.3, 0.4) is 0 Å². The standard InChI is InChI=1S/C15H18N4O/c1-2-7-20-15-13(16)14(17-10-18-15)19-8-11-5-3-4-6-12(11)9-19/h3-6,10H,2,7-9,16H2,1H3. The second-order valence-corrected chi connectivity index (χ2v) is 4.89. The Labute approximate surface area is 118 Å². The lowest BCUT2D eigenvalue weighted by Crippen LogP contribution is -2.18.